The first-order valence-corrected chi connectivity index (χ1v) is 7.83. The Balaban J connectivity index is 2.25. The standard InChI is InChI=1S/C18H14BrClO/c1-18(21,16-10-9-13(19)11-17(16)20)15-8-4-6-12-5-2-3-7-14(12)15/h2-11,21H,1H3. The fourth-order valence-electron chi connectivity index (χ4n) is 2.68. The molecular weight excluding hydrogens is 348 g/mol. The molecule has 0 heterocycles. The first-order chi connectivity index (χ1) is 10.00. The van der Waals surface area contributed by atoms with Crippen LogP contribution in [0, 0.1) is 0 Å². The predicted octanol–water partition coefficient (Wildman–Crippen LogP) is 5.51. The normalized spacial score (nSPS) is 14.1. The smallest absolute Gasteiger partial charge is 0.114 e. The second-order valence-corrected chi connectivity index (χ2v) is 6.55. The maximum atomic E-state index is 11.1. The third-order valence-electron chi connectivity index (χ3n) is 3.77. The van der Waals surface area contributed by atoms with Crippen molar-refractivity contribution in [1.29, 1.82) is 0 Å². The van der Waals surface area contributed by atoms with E-state index in [-0.39, 0.29) is 0 Å². The Morgan fingerprint density at radius 3 is 2.43 bits per heavy atom. The second kappa shape index (κ2) is 5.45. The van der Waals surface area contributed by atoms with E-state index < -0.39 is 5.60 Å². The van der Waals surface area contributed by atoms with Crippen LogP contribution in [0.1, 0.15) is 18.1 Å². The van der Waals surface area contributed by atoms with Crippen molar-refractivity contribution in [2.24, 2.45) is 0 Å². The van der Waals surface area contributed by atoms with Crippen LogP contribution in [0.4, 0.5) is 0 Å². The van der Waals surface area contributed by atoms with Crippen molar-refractivity contribution in [1.82, 2.24) is 0 Å². The summed E-state index contributed by atoms with van der Waals surface area (Å²) in [4.78, 5) is 0. The lowest BCUT2D eigenvalue weighted by molar-refractivity contribution is 0.104. The minimum Gasteiger partial charge on any atom is -0.381 e. The molecule has 1 unspecified atom stereocenters. The first-order valence-electron chi connectivity index (χ1n) is 6.66. The largest absolute Gasteiger partial charge is 0.381 e. The topological polar surface area (TPSA) is 20.2 Å². The molecule has 0 amide bonds. The number of hydrogen-bond donors (Lipinski definition) is 1. The molecule has 0 spiro atoms. The van der Waals surface area contributed by atoms with Crippen molar-refractivity contribution in [2.45, 2.75) is 12.5 Å². The number of aliphatic hydroxyl groups is 1. The number of rotatable bonds is 2. The molecular formula is C18H14BrClO. The highest BCUT2D eigenvalue weighted by atomic mass is 79.9. The first kappa shape index (κ1) is 14.6. The minimum absolute atomic E-state index is 0.544. The van der Waals surface area contributed by atoms with E-state index in [1.165, 1.54) is 0 Å². The van der Waals surface area contributed by atoms with Crippen LogP contribution in [0.25, 0.3) is 10.8 Å². The summed E-state index contributed by atoms with van der Waals surface area (Å²) in [5.41, 5.74) is 0.395. The highest BCUT2D eigenvalue weighted by molar-refractivity contribution is 9.10. The van der Waals surface area contributed by atoms with Crippen LogP contribution < -0.4 is 0 Å². The van der Waals surface area contributed by atoms with E-state index in [2.05, 4.69) is 15.9 Å². The van der Waals surface area contributed by atoms with Gasteiger partial charge in [0.05, 0.1) is 0 Å². The van der Waals surface area contributed by atoms with Gasteiger partial charge in [-0.1, -0.05) is 76.1 Å². The Morgan fingerprint density at radius 2 is 1.67 bits per heavy atom. The van der Waals surface area contributed by atoms with Gasteiger partial charge in [-0.3, -0.25) is 0 Å². The van der Waals surface area contributed by atoms with E-state index in [0.29, 0.717) is 10.6 Å². The lowest BCUT2D eigenvalue weighted by Crippen LogP contribution is -2.23. The predicted molar refractivity (Wildman–Crippen MR) is 91.8 cm³/mol. The summed E-state index contributed by atoms with van der Waals surface area (Å²) in [6.07, 6.45) is 0. The van der Waals surface area contributed by atoms with Crippen molar-refractivity contribution in [3.63, 3.8) is 0 Å². The Hall–Kier alpha value is -1.35. The molecule has 0 aliphatic heterocycles. The highest BCUT2D eigenvalue weighted by Crippen LogP contribution is 2.38. The quantitative estimate of drug-likeness (QED) is 0.638. The molecule has 0 aliphatic carbocycles. The summed E-state index contributed by atoms with van der Waals surface area (Å²) in [5, 5.41) is 13.8. The third-order valence-corrected chi connectivity index (χ3v) is 4.58. The molecule has 1 N–H and O–H groups in total. The van der Waals surface area contributed by atoms with Gasteiger partial charge in [-0.05, 0) is 35.4 Å². The van der Waals surface area contributed by atoms with E-state index in [9.17, 15) is 5.11 Å². The van der Waals surface area contributed by atoms with Crippen LogP contribution in [0.3, 0.4) is 0 Å². The van der Waals surface area contributed by atoms with Crippen LogP contribution in [0.2, 0.25) is 5.02 Å². The SMILES string of the molecule is CC(O)(c1ccc(Br)cc1Cl)c1cccc2ccccc12. The van der Waals surface area contributed by atoms with Gasteiger partial charge in [-0.25, -0.2) is 0 Å². The van der Waals surface area contributed by atoms with Gasteiger partial charge < -0.3 is 5.11 Å². The van der Waals surface area contributed by atoms with Crippen LogP contribution >= 0.6 is 27.5 Å². The maximum Gasteiger partial charge on any atom is 0.114 e. The molecule has 3 aromatic carbocycles. The van der Waals surface area contributed by atoms with Gasteiger partial charge in [-0.15, -0.1) is 0 Å². The second-order valence-electron chi connectivity index (χ2n) is 5.22. The minimum atomic E-state index is -1.15. The van der Waals surface area contributed by atoms with Crippen LogP contribution in [-0.4, -0.2) is 5.11 Å². The number of hydrogen-bond acceptors (Lipinski definition) is 1. The van der Waals surface area contributed by atoms with Crippen LogP contribution in [0.15, 0.2) is 65.1 Å². The zero-order valence-electron chi connectivity index (χ0n) is 11.5. The van der Waals surface area contributed by atoms with E-state index in [0.717, 1.165) is 20.8 Å². The molecule has 3 aromatic rings. The van der Waals surface area contributed by atoms with Gasteiger partial charge in [0.2, 0.25) is 0 Å². The van der Waals surface area contributed by atoms with Crippen molar-refractivity contribution < 1.29 is 5.11 Å². The average Bonchev–Trinajstić information content (AvgIpc) is 2.46. The lowest BCUT2D eigenvalue weighted by Gasteiger charge is -2.27. The highest BCUT2D eigenvalue weighted by Gasteiger charge is 2.29. The molecule has 1 nitrogen and oxygen atoms in total. The molecule has 0 fully saturated rings. The Morgan fingerprint density at radius 1 is 0.952 bits per heavy atom. The van der Waals surface area contributed by atoms with Gasteiger partial charge in [0, 0.05) is 15.1 Å². The molecule has 0 bridgehead atoms. The van der Waals surface area contributed by atoms with Crippen LogP contribution in [0.5, 0.6) is 0 Å². The zero-order chi connectivity index (χ0) is 15.0. The molecule has 0 radical (unpaired) electrons. The van der Waals surface area contributed by atoms with E-state index >= 15 is 0 Å². The van der Waals surface area contributed by atoms with Gasteiger partial charge in [0.25, 0.3) is 0 Å². The summed E-state index contributed by atoms with van der Waals surface area (Å²) >= 11 is 9.72. The fraction of sp³-hybridized carbons (Fsp3) is 0.111. The molecule has 106 valence electrons. The van der Waals surface area contributed by atoms with Gasteiger partial charge >= 0.3 is 0 Å². The average molecular weight is 362 g/mol. The van der Waals surface area contributed by atoms with E-state index in [4.69, 9.17) is 11.6 Å². The molecule has 0 saturated heterocycles. The molecule has 21 heavy (non-hydrogen) atoms. The molecule has 3 rings (SSSR count). The van der Waals surface area contributed by atoms with Gasteiger partial charge in [-0.2, -0.15) is 0 Å². The Labute approximate surface area is 137 Å². The molecule has 0 aliphatic rings. The fourth-order valence-corrected chi connectivity index (χ4v) is 3.54. The number of benzene rings is 3. The molecule has 0 saturated carbocycles. The third kappa shape index (κ3) is 2.59. The maximum absolute atomic E-state index is 11.1. The van der Waals surface area contributed by atoms with Gasteiger partial charge in [0.15, 0.2) is 0 Å². The number of fused-ring (bicyclic) bond motifs is 1. The Bertz CT molecular complexity index is 806. The zero-order valence-corrected chi connectivity index (χ0v) is 13.8. The van der Waals surface area contributed by atoms with E-state index in [1.54, 1.807) is 13.0 Å². The molecule has 0 aromatic heterocycles. The summed E-state index contributed by atoms with van der Waals surface area (Å²) in [7, 11) is 0. The summed E-state index contributed by atoms with van der Waals surface area (Å²) in [5.74, 6) is 0. The van der Waals surface area contributed by atoms with E-state index in [1.807, 2.05) is 54.6 Å². The summed E-state index contributed by atoms with van der Waals surface area (Å²) in [6.45, 7) is 1.78. The van der Waals surface area contributed by atoms with Crippen molar-refractivity contribution in [3.05, 3.63) is 81.3 Å². The van der Waals surface area contributed by atoms with Crippen LogP contribution in [-0.2, 0) is 5.60 Å². The Kier molecular flexibility index (Phi) is 3.78. The number of halogens is 2. The lowest BCUT2D eigenvalue weighted by atomic mass is 9.85. The molecule has 1 atom stereocenters. The monoisotopic (exact) mass is 360 g/mol. The van der Waals surface area contributed by atoms with Gasteiger partial charge in [0.1, 0.15) is 5.60 Å². The van der Waals surface area contributed by atoms with Crippen molar-refractivity contribution in [2.75, 3.05) is 0 Å². The molecule has 3 heteroatoms. The van der Waals surface area contributed by atoms with Crippen molar-refractivity contribution >= 4 is 38.3 Å². The summed E-state index contributed by atoms with van der Waals surface area (Å²) < 4.78 is 0.893. The van der Waals surface area contributed by atoms with Crippen molar-refractivity contribution in [3.8, 4) is 0 Å². The summed E-state index contributed by atoms with van der Waals surface area (Å²) in [6, 6.07) is 19.5.